The second-order valence-electron chi connectivity index (χ2n) is 4.48. The number of aliphatic hydroxyl groups excluding tert-OH is 1. The Morgan fingerprint density at radius 2 is 2.26 bits per heavy atom. The van der Waals surface area contributed by atoms with Gasteiger partial charge in [0.15, 0.2) is 5.58 Å². The highest BCUT2D eigenvalue weighted by atomic mass is 32.2. The van der Waals surface area contributed by atoms with E-state index < -0.39 is 6.10 Å². The van der Waals surface area contributed by atoms with Crippen LogP contribution in [0.1, 0.15) is 26.2 Å². The fourth-order valence-corrected chi connectivity index (χ4v) is 3.14. The van der Waals surface area contributed by atoms with Crippen molar-refractivity contribution in [3.63, 3.8) is 0 Å². The number of benzene rings is 1. The molecule has 0 saturated heterocycles. The van der Waals surface area contributed by atoms with Crippen LogP contribution in [0.5, 0.6) is 0 Å². The SMILES string of the molecule is C=CCC(O)[C@H](CCC)Sc1nc2ccccc2o1. The first-order chi connectivity index (χ1) is 9.24. The molecule has 0 bridgehead atoms. The minimum atomic E-state index is -0.405. The molecule has 1 heterocycles. The minimum absolute atomic E-state index is 0.0936. The van der Waals surface area contributed by atoms with E-state index in [0.29, 0.717) is 11.6 Å². The van der Waals surface area contributed by atoms with Crippen molar-refractivity contribution in [1.29, 1.82) is 0 Å². The third kappa shape index (κ3) is 3.61. The average molecular weight is 277 g/mol. The normalized spacial score (nSPS) is 14.4. The Labute approximate surface area is 117 Å². The van der Waals surface area contributed by atoms with Crippen LogP contribution >= 0.6 is 11.8 Å². The molecule has 1 N–H and O–H groups in total. The van der Waals surface area contributed by atoms with Gasteiger partial charge in [-0.1, -0.05) is 43.3 Å². The van der Waals surface area contributed by atoms with Crippen LogP contribution in [-0.4, -0.2) is 21.4 Å². The van der Waals surface area contributed by atoms with E-state index in [1.165, 1.54) is 11.8 Å². The summed E-state index contributed by atoms with van der Waals surface area (Å²) in [5.41, 5.74) is 1.65. The predicted molar refractivity (Wildman–Crippen MR) is 79.4 cm³/mol. The molecule has 1 aromatic heterocycles. The Bertz CT molecular complexity index is 505. The lowest BCUT2D eigenvalue weighted by Crippen LogP contribution is -2.22. The number of aliphatic hydroxyl groups is 1. The molecule has 2 atom stereocenters. The number of hydrogen-bond donors (Lipinski definition) is 1. The number of hydrogen-bond acceptors (Lipinski definition) is 4. The number of oxazole rings is 1. The van der Waals surface area contributed by atoms with Gasteiger partial charge in [-0.15, -0.1) is 6.58 Å². The average Bonchev–Trinajstić information content (AvgIpc) is 2.80. The van der Waals surface area contributed by atoms with Gasteiger partial charge in [0.25, 0.3) is 5.22 Å². The van der Waals surface area contributed by atoms with Gasteiger partial charge in [0.05, 0.1) is 6.10 Å². The minimum Gasteiger partial charge on any atom is -0.431 e. The summed E-state index contributed by atoms with van der Waals surface area (Å²) in [6.45, 7) is 5.79. The zero-order valence-corrected chi connectivity index (χ0v) is 11.9. The highest BCUT2D eigenvalue weighted by molar-refractivity contribution is 7.99. The summed E-state index contributed by atoms with van der Waals surface area (Å²) in [7, 11) is 0. The summed E-state index contributed by atoms with van der Waals surface area (Å²) in [5, 5.41) is 10.8. The van der Waals surface area contributed by atoms with E-state index in [9.17, 15) is 5.11 Å². The van der Waals surface area contributed by atoms with Crippen LogP contribution in [0.15, 0.2) is 46.6 Å². The van der Waals surface area contributed by atoms with Gasteiger partial charge in [0, 0.05) is 5.25 Å². The third-order valence-corrected chi connectivity index (χ3v) is 4.17. The molecule has 102 valence electrons. The van der Waals surface area contributed by atoms with E-state index in [2.05, 4.69) is 18.5 Å². The van der Waals surface area contributed by atoms with E-state index in [0.717, 1.165) is 23.9 Å². The van der Waals surface area contributed by atoms with Crippen molar-refractivity contribution in [2.24, 2.45) is 0 Å². The van der Waals surface area contributed by atoms with E-state index >= 15 is 0 Å². The number of thioether (sulfide) groups is 1. The fraction of sp³-hybridized carbons (Fsp3) is 0.400. The second kappa shape index (κ2) is 6.78. The molecule has 0 aliphatic heterocycles. The number of para-hydroxylation sites is 2. The lowest BCUT2D eigenvalue weighted by Gasteiger charge is -2.19. The van der Waals surface area contributed by atoms with Crippen molar-refractivity contribution in [2.75, 3.05) is 0 Å². The molecule has 0 radical (unpaired) electrons. The van der Waals surface area contributed by atoms with Crippen LogP contribution in [0.25, 0.3) is 11.1 Å². The van der Waals surface area contributed by atoms with E-state index in [1.54, 1.807) is 6.08 Å². The van der Waals surface area contributed by atoms with Gasteiger partial charge in [-0.05, 0) is 25.0 Å². The van der Waals surface area contributed by atoms with Gasteiger partial charge in [0.2, 0.25) is 0 Å². The summed E-state index contributed by atoms with van der Waals surface area (Å²) in [4.78, 5) is 4.44. The van der Waals surface area contributed by atoms with Crippen LogP contribution < -0.4 is 0 Å². The Morgan fingerprint density at radius 1 is 1.47 bits per heavy atom. The topological polar surface area (TPSA) is 46.3 Å². The second-order valence-corrected chi connectivity index (χ2v) is 5.67. The standard InChI is InChI=1S/C15H19NO2S/c1-3-7-12(17)14(8-4-2)19-15-16-11-9-5-6-10-13(11)18-15/h3,5-6,9-10,12,14,17H,1,4,7-8H2,2H3/t12?,14-/m0/s1. The van der Waals surface area contributed by atoms with Crippen LogP contribution in [0.2, 0.25) is 0 Å². The molecule has 1 aromatic carbocycles. The molecular weight excluding hydrogens is 258 g/mol. The molecule has 0 spiro atoms. The van der Waals surface area contributed by atoms with Crippen LogP contribution in [0, 0.1) is 0 Å². The van der Waals surface area contributed by atoms with Crippen molar-refractivity contribution in [2.45, 2.75) is 42.8 Å². The molecule has 3 nitrogen and oxygen atoms in total. The molecule has 0 aliphatic rings. The van der Waals surface area contributed by atoms with Crippen molar-refractivity contribution in [3.8, 4) is 0 Å². The Morgan fingerprint density at radius 3 is 2.95 bits per heavy atom. The summed E-state index contributed by atoms with van der Waals surface area (Å²) in [6.07, 6.45) is 3.89. The first-order valence-corrected chi connectivity index (χ1v) is 7.43. The van der Waals surface area contributed by atoms with Gasteiger partial charge in [-0.25, -0.2) is 4.98 Å². The van der Waals surface area contributed by atoms with Crippen molar-refractivity contribution in [3.05, 3.63) is 36.9 Å². The van der Waals surface area contributed by atoms with Gasteiger partial charge in [-0.3, -0.25) is 0 Å². The van der Waals surface area contributed by atoms with Crippen LogP contribution in [0.3, 0.4) is 0 Å². The van der Waals surface area contributed by atoms with Crippen LogP contribution in [-0.2, 0) is 0 Å². The molecule has 4 heteroatoms. The van der Waals surface area contributed by atoms with Gasteiger partial charge >= 0.3 is 0 Å². The maximum atomic E-state index is 10.1. The smallest absolute Gasteiger partial charge is 0.257 e. The van der Waals surface area contributed by atoms with Crippen molar-refractivity contribution >= 4 is 22.9 Å². The zero-order valence-electron chi connectivity index (χ0n) is 11.1. The maximum Gasteiger partial charge on any atom is 0.257 e. The summed E-state index contributed by atoms with van der Waals surface area (Å²) < 4.78 is 5.69. The highest BCUT2D eigenvalue weighted by Crippen LogP contribution is 2.31. The molecule has 0 saturated carbocycles. The monoisotopic (exact) mass is 277 g/mol. The number of fused-ring (bicyclic) bond motifs is 1. The van der Waals surface area contributed by atoms with Gasteiger partial charge in [0.1, 0.15) is 5.52 Å². The first-order valence-electron chi connectivity index (χ1n) is 6.55. The van der Waals surface area contributed by atoms with Crippen LogP contribution in [0.4, 0.5) is 0 Å². The molecule has 19 heavy (non-hydrogen) atoms. The van der Waals surface area contributed by atoms with Gasteiger partial charge < -0.3 is 9.52 Å². The number of aromatic nitrogens is 1. The van der Waals surface area contributed by atoms with E-state index in [4.69, 9.17) is 4.42 Å². The largest absolute Gasteiger partial charge is 0.431 e. The van der Waals surface area contributed by atoms with Crippen molar-refractivity contribution in [1.82, 2.24) is 4.98 Å². The molecule has 1 unspecified atom stereocenters. The maximum absolute atomic E-state index is 10.1. The Kier molecular flexibility index (Phi) is 5.05. The molecular formula is C15H19NO2S. The van der Waals surface area contributed by atoms with E-state index in [1.807, 2.05) is 24.3 Å². The van der Waals surface area contributed by atoms with Gasteiger partial charge in [-0.2, -0.15) is 0 Å². The molecule has 2 aromatic rings. The molecule has 2 rings (SSSR count). The van der Waals surface area contributed by atoms with Crippen molar-refractivity contribution < 1.29 is 9.52 Å². The quantitative estimate of drug-likeness (QED) is 0.613. The number of rotatable bonds is 7. The molecule has 0 aliphatic carbocycles. The summed E-state index contributed by atoms with van der Waals surface area (Å²) in [6, 6.07) is 7.70. The summed E-state index contributed by atoms with van der Waals surface area (Å²) in [5.74, 6) is 0. The molecule has 0 amide bonds. The fourth-order valence-electron chi connectivity index (χ4n) is 1.97. The summed E-state index contributed by atoms with van der Waals surface area (Å²) >= 11 is 1.51. The number of nitrogens with zero attached hydrogens (tertiary/aromatic N) is 1. The Hall–Kier alpha value is -1.26. The zero-order chi connectivity index (χ0) is 13.7. The molecule has 0 fully saturated rings. The predicted octanol–water partition coefficient (Wildman–Crippen LogP) is 4.03. The third-order valence-electron chi connectivity index (χ3n) is 2.94. The first kappa shape index (κ1) is 14.2. The lowest BCUT2D eigenvalue weighted by molar-refractivity contribution is 0.170. The van der Waals surface area contributed by atoms with E-state index in [-0.39, 0.29) is 5.25 Å². The lowest BCUT2D eigenvalue weighted by atomic mass is 10.1. The Balaban J connectivity index is 2.13. The highest BCUT2D eigenvalue weighted by Gasteiger charge is 2.21.